The minimum absolute atomic E-state index is 0.146. The fourth-order valence-corrected chi connectivity index (χ4v) is 4.08. The summed E-state index contributed by atoms with van der Waals surface area (Å²) >= 11 is 12.5. The minimum Gasteiger partial charge on any atom is -0.489 e. The Labute approximate surface area is 178 Å². The SMILES string of the molecule is CNCCOc1cnc(C(=O)N2CCc3[nH]c4c(Cl)c(Cl)ccc4c3[C@H]2C)nc1. The van der Waals surface area contributed by atoms with Crippen LogP contribution in [-0.2, 0) is 6.42 Å². The number of likely N-dealkylation sites (N-methyl/N-ethyl adjacent to an activating group) is 1. The Bertz CT molecular complexity index is 1050. The summed E-state index contributed by atoms with van der Waals surface area (Å²) in [7, 11) is 1.85. The molecule has 1 atom stereocenters. The first kappa shape index (κ1) is 19.9. The monoisotopic (exact) mass is 433 g/mol. The number of fused-ring (bicyclic) bond motifs is 3. The van der Waals surface area contributed by atoms with Crippen LogP contribution in [0.5, 0.6) is 5.75 Å². The van der Waals surface area contributed by atoms with Crippen LogP contribution in [0.3, 0.4) is 0 Å². The minimum atomic E-state index is -0.209. The van der Waals surface area contributed by atoms with Gasteiger partial charge in [0.2, 0.25) is 5.82 Å². The van der Waals surface area contributed by atoms with Crippen molar-refractivity contribution < 1.29 is 9.53 Å². The molecule has 1 aromatic carbocycles. The number of H-pyrrole nitrogens is 1. The first-order chi connectivity index (χ1) is 14.0. The maximum Gasteiger partial charge on any atom is 0.292 e. The van der Waals surface area contributed by atoms with Gasteiger partial charge in [-0.1, -0.05) is 29.3 Å². The highest BCUT2D eigenvalue weighted by molar-refractivity contribution is 6.45. The van der Waals surface area contributed by atoms with Crippen molar-refractivity contribution in [2.24, 2.45) is 0 Å². The lowest BCUT2D eigenvalue weighted by Gasteiger charge is -2.33. The van der Waals surface area contributed by atoms with Crippen molar-refractivity contribution in [1.82, 2.24) is 25.2 Å². The number of carbonyl (C=O) groups excluding carboxylic acids is 1. The van der Waals surface area contributed by atoms with E-state index in [-0.39, 0.29) is 17.8 Å². The predicted molar refractivity (Wildman–Crippen MR) is 113 cm³/mol. The zero-order chi connectivity index (χ0) is 20.5. The highest BCUT2D eigenvalue weighted by Crippen LogP contribution is 2.40. The topological polar surface area (TPSA) is 83.1 Å². The van der Waals surface area contributed by atoms with Crippen molar-refractivity contribution in [2.75, 3.05) is 26.7 Å². The van der Waals surface area contributed by atoms with E-state index in [1.165, 1.54) is 12.4 Å². The lowest BCUT2D eigenvalue weighted by atomic mass is 9.97. The molecule has 2 aromatic heterocycles. The fourth-order valence-electron chi connectivity index (χ4n) is 3.71. The summed E-state index contributed by atoms with van der Waals surface area (Å²) in [5.41, 5.74) is 2.95. The van der Waals surface area contributed by atoms with Gasteiger partial charge in [-0.25, -0.2) is 9.97 Å². The predicted octanol–water partition coefficient (Wildman–Crippen LogP) is 3.62. The molecule has 0 spiro atoms. The van der Waals surface area contributed by atoms with Crippen molar-refractivity contribution in [2.45, 2.75) is 19.4 Å². The van der Waals surface area contributed by atoms with Crippen molar-refractivity contribution in [3.8, 4) is 5.75 Å². The van der Waals surface area contributed by atoms with Gasteiger partial charge in [-0.2, -0.15) is 0 Å². The number of hydrogen-bond acceptors (Lipinski definition) is 5. The van der Waals surface area contributed by atoms with E-state index in [2.05, 4.69) is 20.3 Å². The molecular weight excluding hydrogens is 413 g/mol. The van der Waals surface area contributed by atoms with Crippen molar-refractivity contribution in [3.63, 3.8) is 0 Å². The van der Waals surface area contributed by atoms with Gasteiger partial charge >= 0.3 is 0 Å². The van der Waals surface area contributed by atoms with Crippen LogP contribution in [0.15, 0.2) is 24.5 Å². The van der Waals surface area contributed by atoms with Crippen LogP contribution in [-0.4, -0.2) is 52.5 Å². The Morgan fingerprint density at radius 3 is 2.83 bits per heavy atom. The molecule has 0 bridgehead atoms. The van der Waals surface area contributed by atoms with E-state index >= 15 is 0 Å². The Balaban J connectivity index is 1.58. The molecule has 0 radical (unpaired) electrons. The number of amides is 1. The normalized spacial score (nSPS) is 16.1. The summed E-state index contributed by atoms with van der Waals surface area (Å²) in [6.07, 6.45) is 3.76. The van der Waals surface area contributed by atoms with Crippen LogP contribution in [0.4, 0.5) is 0 Å². The molecule has 152 valence electrons. The first-order valence-corrected chi connectivity index (χ1v) is 10.2. The molecule has 0 saturated heterocycles. The van der Waals surface area contributed by atoms with E-state index in [0.717, 1.165) is 22.2 Å². The molecule has 1 aliphatic rings. The molecule has 0 unspecified atom stereocenters. The maximum atomic E-state index is 13.1. The summed E-state index contributed by atoms with van der Waals surface area (Å²) in [5.74, 6) is 0.482. The molecule has 3 aromatic rings. The summed E-state index contributed by atoms with van der Waals surface area (Å²) in [6.45, 7) is 3.79. The van der Waals surface area contributed by atoms with E-state index in [1.807, 2.05) is 20.0 Å². The van der Waals surface area contributed by atoms with Crippen molar-refractivity contribution >= 4 is 40.0 Å². The quantitative estimate of drug-likeness (QED) is 0.600. The molecule has 0 aliphatic carbocycles. The number of hydrogen-bond donors (Lipinski definition) is 2. The summed E-state index contributed by atoms with van der Waals surface area (Å²) in [5, 5.41) is 4.98. The Kier molecular flexibility index (Phi) is 5.63. The van der Waals surface area contributed by atoms with Gasteiger partial charge in [0.05, 0.1) is 34.0 Å². The Morgan fingerprint density at radius 1 is 1.34 bits per heavy atom. The van der Waals surface area contributed by atoms with Gasteiger partial charge in [-0.05, 0) is 20.0 Å². The third-order valence-electron chi connectivity index (χ3n) is 5.18. The van der Waals surface area contributed by atoms with Crippen LogP contribution in [0, 0.1) is 0 Å². The molecule has 0 saturated carbocycles. The van der Waals surface area contributed by atoms with E-state index < -0.39 is 0 Å². The van der Waals surface area contributed by atoms with Crippen LogP contribution < -0.4 is 10.1 Å². The second-order valence-electron chi connectivity index (χ2n) is 6.92. The average Bonchev–Trinajstić information content (AvgIpc) is 3.11. The highest BCUT2D eigenvalue weighted by atomic mass is 35.5. The molecule has 1 aliphatic heterocycles. The molecule has 0 fully saturated rings. The first-order valence-electron chi connectivity index (χ1n) is 9.40. The van der Waals surface area contributed by atoms with Gasteiger partial charge in [-0.15, -0.1) is 0 Å². The lowest BCUT2D eigenvalue weighted by Crippen LogP contribution is -2.39. The molecule has 4 rings (SSSR count). The molecule has 2 N–H and O–H groups in total. The summed E-state index contributed by atoms with van der Waals surface area (Å²) in [6, 6.07) is 3.58. The van der Waals surface area contributed by atoms with Crippen LogP contribution >= 0.6 is 23.2 Å². The van der Waals surface area contributed by atoms with Crippen LogP contribution in [0.25, 0.3) is 10.9 Å². The summed E-state index contributed by atoms with van der Waals surface area (Å²) in [4.78, 5) is 26.6. The zero-order valence-electron chi connectivity index (χ0n) is 16.1. The van der Waals surface area contributed by atoms with Gasteiger partial charge < -0.3 is 19.9 Å². The fraction of sp³-hybridized carbons (Fsp3) is 0.350. The van der Waals surface area contributed by atoms with Gasteiger partial charge in [0.1, 0.15) is 6.61 Å². The number of rotatable bonds is 5. The second-order valence-corrected chi connectivity index (χ2v) is 7.71. The number of halogens is 2. The van der Waals surface area contributed by atoms with Gasteiger partial charge in [0.25, 0.3) is 5.91 Å². The standard InChI is InChI=1S/C20H21Cl2N5O2/c1-11-16-13-3-4-14(21)17(22)18(13)26-15(16)5-7-27(11)20(28)19-24-9-12(10-25-19)29-8-6-23-2/h3-4,9-11,23,26H,5-8H2,1-2H3/t11-/m1/s1. The second kappa shape index (κ2) is 8.18. The van der Waals surface area contributed by atoms with Gasteiger partial charge in [0, 0.05) is 36.2 Å². The third-order valence-corrected chi connectivity index (χ3v) is 5.98. The van der Waals surface area contributed by atoms with E-state index in [4.69, 9.17) is 27.9 Å². The third kappa shape index (κ3) is 3.66. The molecule has 29 heavy (non-hydrogen) atoms. The molecular formula is C20H21Cl2N5O2. The number of carbonyl (C=O) groups is 1. The zero-order valence-corrected chi connectivity index (χ0v) is 17.6. The summed E-state index contributed by atoms with van der Waals surface area (Å²) < 4.78 is 5.51. The van der Waals surface area contributed by atoms with Crippen LogP contribution in [0.2, 0.25) is 10.0 Å². The van der Waals surface area contributed by atoms with Gasteiger partial charge in [-0.3, -0.25) is 4.79 Å². The molecule has 9 heteroatoms. The Hall–Kier alpha value is -2.35. The van der Waals surface area contributed by atoms with E-state index in [9.17, 15) is 4.79 Å². The van der Waals surface area contributed by atoms with Gasteiger partial charge in [0.15, 0.2) is 5.75 Å². The molecule has 3 heterocycles. The number of aromatic nitrogens is 3. The smallest absolute Gasteiger partial charge is 0.292 e. The number of ether oxygens (including phenoxy) is 1. The lowest BCUT2D eigenvalue weighted by molar-refractivity contribution is 0.0665. The van der Waals surface area contributed by atoms with E-state index in [0.29, 0.717) is 41.9 Å². The number of nitrogens with one attached hydrogen (secondary N) is 2. The van der Waals surface area contributed by atoms with E-state index in [1.54, 1.807) is 11.0 Å². The number of nitrogens with zero attached hydrogens (tertiary/aromatic N) is 3. The molecule has 1 amide bonds. The largest absolute Gasteiger partial charge is 0.489 e. The maximum absolute atomic E-state index is 13.1. The average molecular weight is 434 g/mol. The number of aromatic amines is 1. The number of benzene rings is 1. The van der Waals surface area contributed by atoms with Crippen LogP contribution in [0.1, 0.15) is 34.8 Å². The Morgan fingerprint density at radius 2 is 2.10 bits per heavy atom. The van der Waals surface area contributed by atoms with Crippen molar-refractivity contribution in [1.29, 1.82) is 0 Å². The van der Waals surface area contributed by atoms with Crippen molar-refractivity contribution in [3.05, 3.63) is 51.7 Å². The highest BCUT2D eigenvalue weighted by Gasteiger charge is 2.32. The molecule has 7 nitrogen and oxygen atoms in total.